The van der Waals surface area contributed by atoms with Crippen molar-refractivity contribution >= 4 is 29.0 Å². The fourth-order valence-corrected chi connectivity index (χ4v) is 3.31. The second-order valence-corrected chi connectivity index (χ2v) is 6.65. The molecule has 0 aromatic heterocycles. The minimum atomic E-state index is -0.476. The highest BCUT2D eigenvalue weighted by Crippen LogP contribution is 2.63. The Bertz CT molecular complexity index is 662. The molecular formula is C15H15FN2O2S. The summed E-state index contributed by atoms with van der Waals surface area (Å²) in [6.07, 6.45) is 0. The zero-order chi connectivity index (χ0) is 15.5. The Hall–Kier alpha value is -1.82. The average Bonchev–Trinajstić information content (AvgIpc) is 2.87. The molecule has 1 aromatic carbocycles. The highest BCUT2D eigenvalue weighted by Gasteiger charge is 2.72. The number of thiocarbonyl (C=S) groups is 1. The van der Waals surface area contributed by atoms with E-state index in [0.717, 1.165) is 4.90 Å². The molecule has 2 fully saturated rings. The first-order valence-electron chi connectivity index (χ1n) is 6.68. The predicted octanol–water partition coefficient (Wildman–Crippen LogP) is 1.60. The van der Waals surface area contributed by atoms with Gasteiger partial charge in [0.25, 0.3) is 0 Å². The van der Waals surface area contributed by atoms with Crippen molar-refractivity contribution in [2.75, 3.05) is 0 Å². The molecule has 4 nitrogen and oxygen atoms in total. The van der Waals surface area contributed by atoms with E-state index in [1.165, 1.54) is 18.2 Å². The van der Waals surface area contributed by atoms with Crippen LogP contribution in [0.4, 0.5) is 4.39 Å². The first-order chi connectivity index (χ1) is 9.75. The van der Waals surface area contributed by atoms with Gasteiger partial charge in [-0.25, -0.2) is 4.39 Å². The monoisotopic (exact) mass is 306 g/mol. The van der Waals surface area contributed by atoms with E-state index < -0.39 is 5.82 Å². The number of imide groups is 1. The second kappa shape index (κ2) is 4.34. The van der Waals surface area contributed by atoms with Crippen LogP contribution in [-0.2, 0) is 16.1 Å². The Balaban J connectivity index is 1.86. The number of benzene rings is 1. The summed E-state index contributed by atoms with van der Waals surface area (Å²) < 4.78 is 13.9. The van der Waals surface area contributed by atoms with E-state index in [1.54, 1.807) is 0 Å². The van der Waals surface area contributed by atoms with Crippen molar-refractivity contribution in [3.8, 4) is 0 Å². The summed E-state index contributed by atoms with van der Waals surface area (Å²) in [6.45, 7) is 3.75. The van der Waals surface area contributed by atoms with Gasteiger partial charge < -0.3 is 5.73 Å². The third-order valence-electron chi connectivity index (χ3n) is 4.55. The van der Waals surface area contributed by atoms with Crippen molar-refractivity contribution in [3.05, 3.63) is 35.1 Å². The maximum atomic E-state index is 13.9. The van der Waals surface area contributed by atoms with Crippen molar-refractivity contribution in [3.63, 3.8) is 0 Å². The number of carbonyl (C=O) groups excluding carboxylic acids is 2. The van der Waals surface area contributed by atoms with Crippen molar-refractivity contribution in [2.24, 2.45) is 23.0 Å². The number of hydrogen-bond donors (Lipinski definition) is 1. The Kier molecular flexibility index (Phi) is 2.92. The van der Waals surface area contributed by atoms with Crippen molar-refractivity contribution in [1.29, 1.82) is 0 Å². The van der Waals surface area contributed by atoms with Crippen LogP contribution in [0.25, 0.3) is 0 Å². The molecule has 0 radical (unpaired) electrons. The molecule has 110 valence electrons. The number of amides is 2. The summed E-state index contributed by atoms with van der Waals surface area (Å²) in [4.78, 5) is 25.8. The lowest BCUT2D eigenvalue weighted by Gasteiger charge is -2.21. The van der Waals surface area contributed by atoms with Crippen LogP contribution in [0.3, 0.4) is 0 Å². The lowest BCUT2D eigenvalue weighted by molar-refractivity contribution is -0.143. The van der Waals surface area contributed by atoms with Crippen LogP contribution in [0.5, 0.6) is 0 Å². The number of halogens is 1. The van der Waals surface area contributed by atoms with E-state index in [4.69, 9.17) is 18.0 Å². The second-order valence-electron chi connectivity index (χ2n) is 6.21. The third kappa shape index (κ3) is 1.97. The normalized spacial score (nSPS) is 26.0. The molecule has 3 rings (SSSR count). The van der Waals surface area contributed by atoms with Crippen LogP contribution < -0.4 is 5.73 Å². The first-order valence-corrected chi connectivity index (χ1v) is 7.09. The summed E-state index contributed by atoms with van der Waals surface area (Å²) in [6, 6.07) is 4.22. The van der Waals surface area contributed by atoms with Gasteiger partial charge in [0, 0.05) is 11.1 Å². The smallest absolute Gasteiger partial charge is 0.233 e. The Morgan fingerprint density at radius 3 is 2.43 bits per heavy atom. The van der Waals surface area contributed by atoms with Crippen LogP contribution in [0.2, 0.25) is 0 Å². The lowest BCUT2D eigenvalue weighted by Crippen LogP contribution is -2.36. The van der Waals surface area contributed by atoms with E-state index in [1.807, 2.05) is 13.8 Å². The number of carbonyl (C=O) groups is 2. The van der Waals surface area contributed by atoms with E-state index >= 15 is 0 Å². The molecule has 1 aliphatic heterocycles. The zero-order valence-electron chi connectivity index (χ0n) is 11.7. The van der Waals surface area contributed by atoms with Gasteiger partial charge in [-0.3, -0.25) is 14.5 Å². The first kappa shape index (κ1) is 14.1. The van der Waals surface area contributed by atoms with Gasteiger partial charge in [-0.1, -0.05) is 26.1 Å². The number of rotatable bonds is 3. The predicted molar refractivity (Wildman–Crippen MR) is 78.6 cm³/mol. The number of nitrogens with zero attached hydrogens (tertiary/aromatic N) is 1. The Morgan fingerprint density at radius 1 is 1.33 bits per heavy atom. The summed E-state index contributed by atoms with van der Waals surface area (Å²) in [5.74, 6) is -1.42. The van der Waals surface area contributed by atoms with Gasteiger partial charge >= 0.3 is 0 Å². The highest BCUT2D eigenvalue weighted by atomic mass is 32.1. The molecule has 2 N–H and O–H groups in total. The van der Waals surface area contributed by atoms with E-state index in [-0.39, 0.29) is 46.2 Å². The minimum absolute atomic E-state index is 0.0664. The molecule has 0 bridgehead atoms. The average molecular weight is 306 g/mol. The molecule has 1 heterocycles. The van der Waals surface area contributed by atoms with Crippen molar-refractivity contribution < 1.29 is 14.0 Å². The van der Waals surface area contributed by atoms with Gasteiger partial charge in [-0.05, 0) is 23.6 Å². The Labute approximate surface area is 127 Å². The zero-order valence-corrected chi connectivity index (χ0v) is 12.5. The van der Waals surface area contributed by atoms with Crippen LogP contribution in [0.1, 0.15) is 25.0 Å². The van der Waals surface area contributed by atoms with Gasteiger partial charge in [0.15, 0.2) is 0 Å². The highest BCUT2D eigenvalue weighted by molar-refractivity contribution is 7.80. The molecule has 1 aliphatic carbocycles. The summed E-state index contributed by atoms with van der Waals surface area (Å²) in [5, 5.41) is 0. The molecule has 21 heavy (non-hydrogen) atoms. The van der Waals surface area contributed by atoms with Gasteiger partial charge in [-0.15, -0.1) is 0 Å². The van der Waals surface area contributed by atoms with E-state index in [9.17, 15) is 14.0 Å². The molecule has 2 amide bonds. The SMILES string of the molecule is CC1(C)C2C(=O)N(Cc3cc(C(N)=S)ccc3F)C(=O)C21. The Morgan fingerprint density at radius 2 is 1.90 bits per heavy atom. The van der Waals surface area contributed by atoms with Crippen molar-refractivity contribution in [1.82, 2.24) is 4.90 Å². The minimum Gasteiger partial charge on any atom is -0.389 e. The fraction of sp³-hybridized carbons (Fsp3) is 0.400. The van der Waals surface area contributed by atoms with Crippen molar-refractivity contribution in [2.45, 2.75) is 20.4 Å². The third-order valence-corrected chi connectivity index (χ3v) is 4.79. The standard InChI is InChI=1S/C15H15FN2O2S/c1-15(2)10-11(15)14(20)18(13(10)19)6-8-5-7(12(17)21)3-4-9(8)16/h3-5,10-11H,6H2,1-2H3,(H2,17,21). The number of fused-ring (bicyclic) bond motifs is 1. The summed E-state index contributed by atoms with van der Waals surface area (Å²) >= 11 is 4.86. The molecule has 2 atom stereocenters. The van der Waals surface area contributed by atoms with Gasteiger partial charge in [0.05, 0.1) is 18.4 Å². The lowest BCUT2D eigenvalue weighted by atomic mass is 10.0. The summed E-state index contributed by atoms with van der Waals surface area (Å²) in [5.41, 5.74) is 6.03. The largest absolute Gasteiger partial charge is 0.389 e. The molecule has 6 heteroatoms. The maximum absolute atomic E-state index is 13.9. The molecule has 2 aliphatic rings. The summed E-state index contributed by atoms with van der Waals surface area (Å²) in [7, 11) is 0. The molecule has 2 unspecified atom stereocenters. The fourth-order valence-electron chi connectivity index (χ4n) is 3.18. The molecule has 1 aromatic rings. The number of hydrogen-bond acceptors (Lipinski definition) is 3. The van der Waals surface area contributed by atoms with Crippen LogP contribution in [0, 0.1) is 23.1 Å². The quantitative estimate of drug-likeness (QED) is 0.680. The van der Waals surface area contributed by atoms with E-state index in [0.29, 0.717) is 5.56 Å². The number of likely N-dealkylation sites (tertiary alicyclic amines) is 1. The van der Waals surface area contributed by atoms with Gasteiger partial charge in [0.1, 0.15) is 10.8 Å². The topological polar surface area (TPSA) is 63.4 Å². The van der Waals surface area contributed by atoms with Gasteiger partial charge in [0.2, 0.25) is 11.8 Å². The van der Waals surface area contributed by atoms with Crippen LogP contribution in [-0.4, -0.2) is 21.7 Å². The van der Waals surface area contributed by atoms with Crippen LogP contribution in [0.15, 0.2) is 18.2 Å². The molecule has 1 saturated carbocycles. The molecule has 0 spiro atoms. The maximum Gasteiger partial charge on any atom is 0.233 e. The number of piperidine rings is 1. The molecular weight excluding hydrogens is 291 g/mol. The molecule has 1 saturated heterocycles. The number of nitrogens with two attached hydrogens (primary N) is 1. The van der Waals surface area contributed by atoms with Gasteiger partial charge in [-0.2, -0.15) is 0 Å². The van der Waals surface area contributed by atoms with Crippen LogP contribution >= 0.6 is 12.2 Å². The van der Waals surface area contributed by atoms with E-state index in [2.05, 4.69) is 0 Å².